The highest BCUT2D eigenvalue weighted by atomic mass is 16.4. The van der Waals surface area contributed by atoms with Crippen molar-refractivity contribution in [1.29, 1.82) is 0 Å². The maximum atomic E-state index is 11.1. The first-order chi connectivity index (χ1) is 7.09. The van der Waals surface area contributed by atoms with E-state index in [1.807, 2.05) is 0 Å². The Morgan fingerprint density at radius 2 is 2.13 bits per heavy atom. The molecule has 0 bridgehead atoms. The highest BCUT2D eigenvalue weighted by Gasteiger charge is 2.16. The molecule has 0 aliphatic carbocycles. The molecule has 0 aliphatic heterocycles. The lowest BCUT2D eigenvalue weighted by molar-refractivity contribution is 0.100. The summed E-state index contributed by atoms with van der Waals surface area (Å²) in [7, 11) is -1.59. The third-order valence-electron chi connectivity index (χ3n) is 2.23. The fraction of sp³-hybridized carbons (Fsp3) is 0. The quantitative estimate of drug-likeness (QED) is 0.469. The van der Waals surface area contributed by atoms with Gasteiger partial charge in [-0.2, -0.15) is 0 Å². The van der Waals surface area contributed by atoms with Crippen LogP contribution in [0, 0.1) is 0 Å². The number of primary amides is 1. The first-order valence-electron chi connectivity index (χ1n) is 4.37. The summed E-state index contributed by atoms with van der Waals surface area (Å²) < 4.78 is 0. The van der Waals surface area contributed by atoms with Crippen molar-refractivity contribution in [2.45, 2.75) is 0 Å². The van der Waals surface area contributed by atoms with Crippen LogP contribution in [0.2, 0.25) is 0 Å². The number of nitrogens with one attached hydrogen (secondary N) is 1. The Labute approximate surface area is 85.7 Å². The minimum Gasteiger partial charge on any atom is -0.422 e. The standard InChI is InChI=1S/C9H9BN2O3/c11-9(13)5-2-1-3-7-6(5)4-8(12-7)10(14)15/h1-4,12,14-15H,(H2,11,13). The average molecular weight is 204 g/mol. The largest absolute Gasteiger partial charge is 0.505 e. The Hall–Kier alpha value is -1.79. The van der Waals surface area contributed by atoms with Crippen LogP contribution < -0.4 is 11.3 Å². The zero-order valence-electron chi connectivity index (χ0n) is 7.77. The van der Waals surface area contributed by atoms with Crippen LogP contribution in [0.15, 0.2) is 24.3 Å². The van der Waals surface area contributed by atoms with Crippen LogP contribution >= 0.6 is 0 Å². The van der Waals surface area contributed by atoms with Crippen molar-refractivity contribution < 1.29 is 14.8 Å². The number of carbonyl (C=O) groups is 1. The van der Waals surface area contributed by atoms with E-state index in [2.05, 4.69) is 4.98 Å². The number of nitrogens with two attached hydrogens (primary N) is 1. The molecule has 5 nitrogen and oxygen atoms in total. The summed E-state index contributed by atoms with van der Waals surface area (Å²) in [6.07, 6.45) is 0. The molecule has 1 aromatic heterocycles. The maximum absolute atomic E-state index is 11.1. The molecule has 1 heterocycles. The molecular formula is C9H9BN2O3. The normalized spacial score (nSPS) is 10.5. The Bertz CT molecular complexity index is 521. The second kappa shape index (κ2) is 3.41. The van der Waals surface area contributed by atoms with Gasteiger partial charge in [-0.1, -0.05) is 6.07 Å². The Morgan fingerprint density at radius 3 is 2.73 bits per heavy atom. The molecule has 0 radical (unpaired) electrons. The highest BCUT2D eigenvalue weighted by molar-refractivity contribution is 6.58. The van der Waals surface area contributed by atoms with Gasteiger partial charge in [0.1, 0.15) is 0 Å². The van der Waals surface area contributed by atoms with E-state index in [0.29, 0.717) is 16.5 Å². The minimum absolute atomic E-state index is 0.235. The lowest BCUT2D eigenvalue weighted by Gasteiger charge is -1.96. The summed E-state index contributed by atoms with van der Waals surface area (Å²) >= 11 is 0. The van der Waals surface area contributed by atoms with Crippen molar-refractivity contribution in [3.63, 3.8) is 0 Å². The number of amides is 1. The fourth-order valence-electron chi connectivity index (χ4n) is 1.53. The monoisotopic (exact) mass is 204 g/mol. The molecule has 1 amide bonds. The molecule has 2 rings (SSSR count). The lowest BCUT2D eigenvalue weighted by atomic mass is 9.86. The van der Waals surface area contributed by atoms with Crippen molar-refractivity contribution in [3.05, 3.63) is 29.8 Å². The van der Waals surface area contributed by atoms with Crippen molar-refractivity contribution in [1.82, 2.24) is 4.98 Å². The number of H-pyrrole nitrogens is 1. The van der Waals surface area contributed by atoms with Gasteiger partial charge in [0.25, 0.3) is 0 Å². The number of fused-ring (bicyclic) bond motifs is 1. The second-order valence-corrected chi connectivity index (χ2v) is 3.23. The number of rotatable bonds is 2. The summed E-state index contributed by atoms with van der Waals surface area (Å²) in [5.41, 5.74) is 6.43. The van der Waals surface area contributed by atoms with Gasteiger partial charge in [-0.3, -0.25) is 4.79 Å². The van der Waals surface area contributed by atoms with Crippen molar-refractivity contribution in [2.24, 2.45) is 5.73 Å². The Kier molecular flexibility index (Phi) is 2.22. The van der Waals surface area contributed by atoms with E-state index in [9.17, 15) is 4.79 Å². The molecule has 0 fully saturated rings. The molecule has 0 saturated carbocycles. The second-order valence-electron chi connectivity index (χ2n) is 3.23. The summed E-state index contributed by atoms with van der Waals surface area (Å²) in [5, 5.41) is 18.5. The van der Waals surface area contributed by atoms with E-state index >= 15 is 0 Å². The average Bonchev–Trinajstić information content (AvgIpc) is 2.60. The number of hydrogen-bond donors (Lipinski definition) is 4. The van der Waals surface area contributed by atoms with E-state index in [0.717, 1.165) is 0 Å². The van der Waals surface area contributed by atoms with Gasteiger partial charge in [0, 0.05) is 22.1 Å². The zero-order valence-corrected chi connectivity index (χ0v) is 7.77. The summed E-state index contributed by atoms with van der Waals surface area (Å²) in [6, 6.07) is 6.49. The number of carbonyl (C=O) groups excluding carboxylic acids is 1. The van der Waals surface area contributed by atoms with Gasteiger partial charge in [-0.25, -0.2) is 0 Å². The fourth-order valence-corrected chi connectivity index (χ4v) is 1.53. The maximum Gasteiger partial charge on any atom is 0.505 e. The first kappa shape index (κ1) is 9.76. The van der Waals surface area contributed by atoms with E-state index in [4.69, 9.17) is 15.8 Å². The van der Waals surface area contributed by atoms with Gasteiger partial charge in [-0.05, 0) is 18.2 Å². The molecule has 6 heteroatoms. The molecule has 0 unspecified atom stereocenters. The number of benzene rings is 1. The van der Waals surface area contributed by atoms with Crippen LogP contribution in [0.5, 0.6) is 0 Å². The van der Waals surface area contributed by atoms with Gasteiger partial charge in [0.05, 0.1) is 0 Å². The van der Waals surface area contributed by atoms with Crippen LogP contribution in [0.1, 0.15) is 10.4 Å². The molecule has 0 spiro atoms. The SMILES string of the molecule is NC(=O)c1cccc2[nH]c(B(O)O)cc12. The van der Waals surface area contributed by atoms with E-state index < -0.39 is 13.0 Å². The van der Waals surface area contributed by atoms with Crippen LogP contribution in [0.3, 0.4) is 0 Å². The first-order valence-corrected chi connectivity index (χ1v) is 4.37. The highest BCUT2D eigenvalue weighted by Crippen LogP contribution is 2.15. The smallest absolute Gasteiger partial charge is 0.422 e. The van der Waals surface area contributed by atoms with Crippen LogP contribution in [-0.2, 0) is 0 Å². The van der Waals surface area contributed by atoms with Gasteiger partial charge in [0.15, 0.2) is 0 Å². The molecule has 2 aromatic rings. The predicted octanol–water partition coefficient (Wildman–Crippen LogP) is -1.05. The van der Waals surface area contributed by atoms with Gasteiger partial charge in [0.2, 0.25) is 5.91 Å². The molecule has 1 aromatic carbocycles. The number of aromatic amines is 1. The van der Waals surface area contributed by atoms with Crippen molar-refractivity contribution in [2.75, 3.05) is 0 Å². The predicted molar refractivity (Wildman–Crippen MR) is 56.6 cm³/mol. The molecule has 0 aliphatic rings. The van der Waals surface area contributed by atoms with Gasteiger partial charge >= 0.3 is 7.12 Å². The lowest BCUT2D eigenvalue weighted by Crippen LogP contribution is -2.30. The van der Waals surface area contributed by atoms with E-state index in [-0.39, 0.29) is 5.59 Å². The van der Waals surface area contributed by atoms with E-state index in [1.165, 1.54) is 6.07 Å². The van der Waals surface area contributed by atoms with Gasteiger partial charge < -0.3 is 20.8 Å². The Morgan fingerprint density at radius 1 is 1.40 bits per heavy atom. The van der Waals surface area contributed by atoms with E-state index in [1.54, 1.807) is 18.2 Å². The summed E-state index contributed by atoms with van der Waals surface area (Å²) in [4.78, 5) is 13.9. The molecule has 0 saturated heterocycles. The van der Waals surface area contributed by atoms with Crippen LogP contribution in [-0.4, -0.2) is 28.1 Å². The molecular weight excluding hydrogens is 195 g/mol. The third kappa shape index (κ3) is 1.60. The number of hydrogen-bond acceptors (Lipinski definition) is 3. The van der Waals surface area contributed by atoms with Crippen LogP contribution in [0.4, 0.5) is 0 Å². The van der Waals surface area contributed by atoms with Crippen LogP contribution in [0.25, 0.3) is 10.9 Å². The summed E-state index contributed by atoms with van der Waals surface area (Å²) in [6.45, 7) is 0. The van der Waals surface area contributed by atoms with Crippen molar-refractivity contribution >= 4 is 29.5 Å². The molecule has 0 atom stereocenters. The Balaban J connectivity index is 2.70. The topological polar surface area (TPSA) is 99.3 Å². The molecule has 15 heavy (non-hydrogen) atoms. The molecule has 76 valence electrons. The van der Waals surface area contributed by atoms with Gasteiger partial charge in [-0.15, -0.1) is 0 Å². The number of aromatic nitrogens is 1. The third-order valence-corrected chi connectivity index (χ3v) is 2.23. The molecule has 5 N–H and O–H groups in total. The summed E-state index contributed by atoms with van der Waals surface area (Å²) in [5.74, 6) is -0.543. The van der Waals surface area contributed by atoms with Crippen molar-refractivity contribution in [3.8, 4) is 0 Å². The minimum atomic E-state index is -1.59. The zero-order chi connectivity index (χ0) is 11.0.